The molecule has 0 aliphatic rings. The quantitative estimate of drug-likeness (QED) is 0.759. The second kappa shape index (κ2) is 8.42. The molecule has 114 valence electrons. The van der Waals surface area contributed by atoms with Gasteiger partial charge in [0.2, 0.25) is 5.95 Å². The minimum Gasteiger partial charge on any atom is -0.368 e. The van der Waals surface area contributed by atoms with Crippen molar-refractivity contribution >= 4 is 27.7 Å². The smallest absolute Gasteiger partial charge is 0.224 e. The summed E-state index contributed by atoms with van der Waals surface area (Å²) in [6.45, 7) is 13.6. The van der Waals surface area contributed by atoms with Crippen molar-refractivity contribution < 1.29 is 0 Å². The Bertz CT molecular complexity index is 401. The first kappa shape index (κ1) is 17.2. The largest absolute Gasteiger partial charge is 0.368 e. The fourth-order valence-corrected chi connectivity index (χ4v) is 2.48. The molecule has 1 aromatic heterocycles. The second-order valence-corrected chi connectivity index (χ2v) is 6.13. The fraction of sp³-hybridized carbons (Fsp3) is 0.714. The van der Waals surface area contributed by atoms with Gasteiger partial charge < -0.3 is 10.6 Å². The van der Waals surface area contributed by atoms with Gasteiger partial charge in [-0.25, -0.2) is 4.98 Å². The van der Waals surface area contributed by atoms with E-state index in [1.54, 1.807) is 6.20 Å². The molecule has 1 rings (SSSR count). The molecule has 0 unspecified atom stereocenters. The van der Waals surface area contributed by atoms with Crippen molar-refractivity contribution in [1.82, 2.24) is 14.9 Å². The summed E-state index contributed by atoms with van der Waals surface area (Å²) in [6, 6.07) is 1.09. The van der Waals surface area contributed by atoms with Crippen molar-refractivity contribution in [2.45, 2.75) is 46.7 Å². The molecular weight excluding hydrogens is 318 g/mol. The van der Waals surface area contributed by atoms with Crippen LogP contribution in [0.1, 0.15) is 34.6 Å². The SMILES string of the molecule is CCNc1ncc(Br)c(NCCN(C(C)C)C(C)C)n1. The van der Waals surface area contributed by atoms with Gasteiger partial charge in [-0.15, -0.1) is 0 Å². The van der Waals surface area contributed by atoms with Gasteiger partial charge in [0.05, 0.1) is 4.47 Å². The Kier molecular flexibility index (Phi) is 7.23. The third-order valence-corrected chi connectivity index (χ3v) is 3.65. The van der Waals surface area contributed by atoms with Crippen molar-refractivity contribution in [3.05, 3.63) is 10.7 Å². The van der Waals surface area contributed by atoms with Crippen molar-refractivity contribution in [2.24, 2.45) is 0 Å². The molecule has 5 nitrogen and oxygen atoms in total. The average Bonchev–Trinajstić information content (AvgIpc) is 2.37. The number of halogens is 1. The topological polar surface area (TPSA) is 53.1 Å². The summed E-state index contributed by atoms with van der Waals surface area (Å²) in [5.41, 5.74) is 0. The molecule has 0 fully saturated rings. The summed E-state index contributed by atoms with van der Waals surface area (Å²) in [5, 5.41) is 6.49. The number of nitrogens with zero attached hydrogens (tertiary/aromatic N) is 3. The van der Waals surface area contributed by atoms with Crippen LogP contribution >= 0.6 is 15.9 Å². The van der Waals surface area contributed by atoms with Gasteiger partial charge in [0.1, 0.15) is 5.82 Å². The number of hydrogen-bond acceptors (Lipinski definition) is 5. The van der Waals surface area contributed by atoms with Crippen LogP contribution in [0.3, 0.4) is 0 Å². The number of anilines is 2. The molecule has 0 aliphatic heterocycles. The molecular formula is C14H26BrN5. The summed E-state index contributed by atoms with van der Waals surface area (Å²) < 4.78 is 0.889. The van der Waals surface area contributed by atoms with Crippen molar-refractivity contribution in [3.8, 4) is 0 Å². The lowest BCUT2D eigenvalue weighted by molar-refractivity contribution is 0.182. The number of rotatable bonds is 8. The summed E-state index contributed by atoms with van der Waals surface area (Å²) in [4.78, 5) is 11.1. The first-order chi connectivity index (χ1) is 9.45. The van der Waals surface area contributed by atoms with Gasteiger partial charge in [-0.05, 0) is 50.5 Å². The van der Waals surface area contributed by atoms with Crippen LogP contribution in [0.2, 0.25) is 0 Å². The van der Waals surface area contributed by atoms with Crippen LogP contribution < -0.4 is 10.6 Å². The molecule has 1 aromatic rings. The number of hydrogen-bond donors (Lipinski definition) is 2. The van der Waals surface area contributed by atoms with E-state index in [9.17, 15) is 0 Å². The molecule has 0 aliphatic carbocycles. The maximum Gasteiger partial charge on any atom is 0.224 e. The predicted molar refractivity (Wildman–Crippen MR) is 89.4 cm³/mol. The minimum atomic E-state index is 0.544. The molecule has 0 saturated heterocycles. The molecule has 0 bridgehead atoms. The molecule has 2 N–H and O–H groups in total. The molecule has 20 heavy (non-hydrogen) atoms. The highest BCUT2D eigenvalue weighted by Crippen LogP contribution is 2.19. The van der Waals surface area contributed by atoms with E-state index in [-0.39, 0.29) is 0 Å². The zero-order valence-electron chi connectivity index (χ0n) is 13.1. The van der Waals surface area contributed by atoms with Gasteiger partial charge in [-0.3, -0.25) is 4.90 Å². The van der Waals surface area contributed by atoms with E-state index in [4.69, 9.17) is 0 Å². The summed E-state index contributed by atoms with van der Waals surface area (Å²) in [7, 11) is 0. The van der Waals surface area contributed by atoms with E-state index in [0.29, 0.717) is 18.0 Å². The Morgan fingerprint density at radius 2 is 1.85 bits per heavy atom. The monoisotopic (exact) mass is 343 g/mol. The van der Waals surface area contributed by atoms with E-state index < -0.39 is 0 Å². The Balaban J connectivity index is 2.58. The van der Waals surface area contributed by atoms with Crippen molar-refractivity contribution in [3.63, 3.8) is 0 Å². The van der Waals surface area contributed by atoms with E-state index in [2.05, 4.69) is 69.1 Å². The standard InChI is InChI=1S/C14H26BrN5/c1-6-16-14-18-9-12(15)13(19-14)17-7-8-20(10(2)3)11(4)5/h9-11H,6-8H2,1-5H3,(H2,16,17,18,19). The molecule has 0 atom stereocenters. The second-order valence-electron chi connectivity index (χ2n) is 5.27. The number of nitrogens with one attached hydrogen (secondary N) is 2. The van der Waals surface area contributed by atoms with Crippen LogP contribution in [0.15, 0.2) is 10.7 Å². The predicted octanol–water partition coefficient (Wildman–Crippen LogP) is 3.20. The van der Waals surface area contributed by atoms with Gasteiger partial charge in [-0.1, -0.05) is 0 Å². The van der Waals surface area contributed by atoms with Gasteiger partial charge in [0.15, 0.2) is 0 Å². The van der Waals surface area contributed by atoms with E-state index in [0.717, 1.165) is 29.9 Å². The zero-order valence-corrected chi connectivity index (χ0v) is 14.7. The maximum atomic E-state index is 4.45. The minimum absolute atomic E-state index is 0.544. The third kappa shape index (κ3) is 5.25. The summed E-state index contributed by atoms with van der Waals surface area (Å²) in [5.74, 6) is 1.49. The number of aromatic nitrogens is 2. The molecule has 6 heteroatoms. The maximum absolute atomic E-state index is 4.45. The van der Waals surface area contributed by atoms with Crippen LogP contribution in [-0.2, 0) is 0 Å². The molecule has 0 amide bonds. The Hall–Kier alpha value is -0.880. The lowest BCUT2D eigenvalue weighted by atomic mass is 10.2. The van der Waals surface area contributed by atoms with Gasteiger partial charge >= 0.3 is 0 Å². The molecule has 0 spiro atoms. The van der Waals surface area contributed by atoms with Gasteiger partial charge in [-0.2, -0.15) is 4.98 Å². The van der Waals surface area contributed by atoms with Gasteiger partial charge in [0.25, 0.3) is 0 Å². The van der Waals surface area contributed by atoms with Crippen molar-refractivity contribution in [1.29, 1.82) is 0 Å². The summed E-state index contributed by atoms with van der Waals surface area (Å²) in [6.07, 6.45) is 1.77. The molecule has 1 heterocycles. The zero-order chi connectivity index (χ0) is 15.1. The normalized spacial score (nSPS) is 11.4. The van der Waals surface area contributed by atoms with Crippen molar-refractivity contribution in [2.75, 3.05) is 30.3 Å². The van der Waals surface area contributed by atoms with Crippen LogP contribution in [0.5, 0.6) is 0 Å². The van der Waals surface area contributed by atoms with E-state index in [1.165, 1.54) is 0 Å². The molecule has 0 radical (unpaired) electrons. The molecule has 0 aromatic carbocycles. The Morgan fingerprint density at radius 3 is 2.40 bits per heavy atom. The van der Waals surface area contributed by atoms with Crippen LogP contribution in [-0.4, -0.2) is 46.6 Å². The highest BCUT2D eigenvalue weighted by molar-refractivity contribution is 9.10. The molecule has 0 saturated carbocycles. The third-order valence-electron chi connectivity index (χ3n) is 3.07. The average molecular weight is 344 g/mol. The highest BCUT2D eigenvalue weighted by atomic mass is 79.9. The Morgan fingerprint density at radius 1 is 1.20 bits per heavy atom. The first-order valence-corrected chi connectivity index (χ1v) is 8.01. The highest BCUT2D eigenvalue weighted by Gasteiger charge is 2.13. The van der Waals surface area contributed by atoms with E-state index >= 15 is 0 Å². The van der Waals surface area contributed by atoms with Crippen LogP contribution in [0.25, 0.3) is 0 Å². The van der Waals surface area contributed by atoms with Crippen LogP contribution in [0, 0.1) is 0 Å². The van der Waals surface area contributed by atoms with E-state index in [1.807, 2.05) is 6.92 Å². The lowest BCUT2D eigenvalue weighted by Crippen LogP contribution is -2.40. The lowest BCUT2D eigenvalue weighted by Gasteiger charge is -2.30. The van der Waals surface area contributed by atoms with Crippen LogP contribution in [0.4, 0.5) is 11.8 Å². The summed E-state index contributed by atoms with van der Waals surface area (Å²) >= 11 is 3.48. The first-order valence-electron chi connectivity index (χ1n) is 7.21. The fourth-order valence-electron chi connectivity index (χ4n) is 2.15. The van der Waals surface area contributed by atoms with Gasteiger partial charge in [0, 0.05) is 37.9 Å². The Labute approximate surface area is 130 Å².